The third kappa shape index (κ3) is 3.81. The van der Waals surface area contributed by atoms with Crippen molar-refractivity contribution in [3.05, 3.63) is 66.0 Å². The van der Waals surface area contributed by atoms with Crippen LogP contribution in [-0.4, -0.2) is 78.4 Å². The number of likely N-dealkylation sites (N-methyl/N-ethyl adjacent to an activating group) is 1. The summed E-state index contributed by atoms with van der Waals surface area (Å²) in [6.45, 7) is 0.980. The third-order valence-electron chi connectivity index (χ3n) is 6.39. The first-order valence-corrected chi connectivity index (χ1v) is 10.7. The second kappa shape index (κ2) is 8.61. The number of halogens is 1. The summed E-state index contributed by atoms with van der Waals surface area (Å²) in [6, 6.07) is 15.6. The van der Waals surface area contributed by atoms with Crippen LogP contribution in [0.3, 0.4) is 0 Å². The molecule has 0 atom stereocenters. The average molecular weight is 439 g/mol. The number of benzene rings is 2. The fourth-order valence-electron chi connectivity index (χ4n) is 4.51. The molecule has 2 fully saturated rings. The zero-order valence-electron chi connectivity index (χ0n) is 18.3. The maximum absolute atomic E-state index is 14.1. The Labute approximate surface area is 187 Å². The van der Waals surface area contributed by atoms with Gasteiger partial charge in [0.1, 0.15) is 17.9 Å². The van der Waals surface area contributed by atoms with Gasteiger partial charge in [-0.2, -0.15) is 0 Å². The number of rotatable bonds is 4. The molecule has 0 aromatic heterocycles. The molecule has 2 heterocycles. The minimum absolute atomic E-state index is 0.00872. The number of piperidine rings is 1. The molecule has 0 unspecified atom stereocenters. The smallest absolute Gasteiger partial charge is 0.256 e. The van der Waals surface area contributed by atoms with Crippen molar-refractivity contribution in [1.29, 1.82) is 0 Å². The quantitative estimate of drug-likeness (QED) is 0.734. The summed E-state index contributed by atoms with van der Waals surface area (Å²) in [5.41, 5.74) is 0.105. The van der Waals surface area contributed by atoms with Crippen LogP contribution in [0.2, 0.25) is 0 Å². The van der Waals surface area contributed by atoms with E-state index < -0.39 is 11.4 Å². The molecule has 0 N–H and O–H groups in total. The topological polar surface area (TPSA) is 64.2 Å². The van der Waals surface area contributed by atoms with Gasteiger partial charge in [0.25, 0.3) is 11.8 Å². The van der Waals surface area contributed by atoms with Crippen molar-refractivity contribution >= 4 is 23.4 Å². The second-order valence-corrected chi connectivity index (χ2v) is 8.50. The SMILES string of the molecule is CN(C)C(=O)CN1CN(c2ccccc2)C2(CCN(C(=O)c3ccccc3F)CC2)C1=O. The lowest BCUT2D eigenvalue weighted by atomic mass is 9.85. The van der Waals surface area contributed by atoms with Gasteiger partial charge in [0.15, 0.2) is 0 Å². The van der Waals surface area contributed by atoms with E-state index in [2.05, 4.69) is 0 Å². The van der Waals surface area contributed by atoms with Gasteiger partial charge in [-0.25, -0.2) is 4.39 Å². The monoisotopic (exact) mass is 438 g/mol. The van der Waals surface area contributed by atoms with Crippen LogP contribution in [0, 0.1) is 5.82 Å². The van der Waals surface area contributed by atoms with E-state index >= 15 is 0 Å². The predicted octanol–water partition coefficient (Wildman–Crippen LogP) is 2.19. The van der Waals surface area contributed by atoms with E-state index in [-0.39, 0.29) is 29.8 Å². The number of para-hydroxylation sites is 1. The number of carbonyl (C=O) groups is 3. The molecule has 2 saturated heterocycles. The second-order valence-electron chi connectivity index (χ2n) is 8.50. The Hall–Kier alpha value is -3.42. The van der Waals surface area contributed by atoms with Crippen LogP contribution >= 0.6 is 0 Å². The van der Waals surface area contributed by atoms with Crippen molar-refractivity contribution in [2.45, 2.75) is 18.4 Å². The van der Waals surface area contributed by atoms with Gasteiger partial charge in [0.2, 0.25) is 5.91 Å². The maximum atomic E-state index is 14.1. The third-order valence-corrected chi connectivity index (χ3v) is 6.39. The number of hydrogen-bond donors (Lipinski definition) is 0. The minimum atomic E-state index is -0.833. The van der Waals surface area contributed by atoms with Crippen molar-refractivity contribution in [3.8, 4) is 0 Å². The van der Waals surface area contributed by atoms with Crippen molar-refractivity contribution in [1.82, 2.24) is 14.7 Å². The highest BCUT2D eigenvalue weighted by atomic mass is 19.1. The Morgan fingerprint density at radius 2 is 1.62 bits per heavy atom. The predicted molar refractivity (Wildman–Crippen MR) is 118 cm³/mol. The summed E-state index contributed by atoms with van der Waals surface area (Å²) in [6.07, 6.45) is 0.821. The average Bonchev–Trinajstić information content (AvgIpc) is 3.06. The first kappa shape index (κ1) is 21.8. The highest BCUT2D eigenvalue weighted by Crippen LogP contribution is 2.39. The molecule has 0 saturated carbocycles. The number of anilines is 1. The van der Waals surface area contributed by atoms with Crippen LogP contribution in [-0.2, 0) is 9.59 Å². The number of amides is 3. The zero-order chi connectivity index (χ0) is 22.9. The van der Waals surface area contributed by atoms with E-state index in [1.807, 2.05) is 35.2 Å². The van der Waals surface area contributed by atoms with Gasteiger partial charge in [-0.05, 0) is 37.1 Å². The van der Waals surface area contributed by atoms with E-state index in [0.717, 1.165) is 5.69 Å². The van der Waals surface area contributed by atoms with Gasteiger partial charge < -0.3 is 19.6 Å². The zero-order valence-corrected chi connectivity index (χ0v) is 18.3. The van der Waals surface area contributed by atoms with Crippen molar-refractivity contribution < 1.29 is 18.8 Å². The number of hydrogen-bond acceptors (Lipinski definition) is 4. The van der Waals surface area contributed by atoms with Crippen molar-refractivity contribution in [2.75, 3.05) is 45.3 Å². The van der Waals surface area contributed by atoms with Crippen LogP contribution in [0.5, 0.6) is 0 Å². The van der Waals surface area contributed by atoms with Crippen molar-refractivity contribution in [3.63, 3.8) is 0 Å². The standard InChI is InChI=1S/C24H27FN4O3/c1-26(2)21(30)16-28-17-29(18-8-4-3-5-9-18)24(23(28)32)12-14-27(15-13-24)22(31)19-10-6-7-11-20(19)25/h3-11H,12-17H2,1-2H3. The number of likely N-dealkylation sites (tertiary alicyclic amines) is 1. The first-order chi connectivity index (χ1) is 15.3. The summed E-state index contributed by atoms with van der Waals surface area (Å²) in [4.78, 5) is 45.5. The molecule has 3 amide bonds. The lowest BCUT2D eigenvalue weighted by Gasteiger charge is -2.43. The maximum Gasteiger partial charge on any atom is 0.256 e. The highest BCUT2D eigenvalue weighted by Gasteiger charge is 2.54. The molecular weight excluding hydrogens is 411 g/mol. The van der Waals surface area contributed by atoms with E-state index in [9.17, 15) is 18.8 Å². The molecule has 1 spiro atoms. The molecule has 168 valence electrons. The normalized spacial score (nSPS) is 17.7. The van der Waals surface area contributed by atoms with Crippen molar-refractivity contribution in [2.24, 2.45) is 0 Å². The molecule has 2 aromatic carbocycles. The van der Waals surface area contributed by atoms with Crippen LogP contribution < -0.4 is 4.90 Å². The lowest BCUT2D eigenvalue weighted by molar-refractivity contribution is -0.139. The van der Waals surface area contributed by atoms with Gasteiger partial charge in [0, 0.05) is 32.9 Å². The molecule has 2 aliphatic rings. The lowest BCUT2D eigenvalue weighted by Crippen LogP contribution is -2.57. The Morgan fingerprint density at radius 1 is 1.00 bits per heavy atom. The fraction of sp³-hybridized carbons (Fsp3) is 0.375. The molecule has 2 aliphatic heterocycles. The fourth-order valence-corrected chi connectivity index (χ4v) is 4.51. The number of carbonyl (C=O) groups excluding carboxylic acids is 3. The van der Waals surface area contributed by atoms with E-state index in [1.165, 1.54) is 17.0 Å². The van der Waals surface area contributed by atoms with Crippen LogP contribution in [0.15, 0.2) is 54.6 Å². The molecule has 0 aliphatic carbocycles. The summed E-state index contributed by atoms with van der Waals surface area (Å²) in [5, 5.41) is 0. The summed E-state index contributed by atoms with van der Waals surface area (Å²) in [7, 11) is 3.33. The highest BCUT2D eigenvalue weighted by molar-refractivity contribution is 5.97. The van der Waals surface area contributed by atoms with E-state index in [4.69, 9.17) is 0 Å². The first-order valence-electron chi connectivity index (χ1n) is 10.7. The number of nitrogens with zero attached hydrogens (tertiary/aromatic N) is 4. The Bertz CT molecular complexity index is 1020. The molecule has 32 heavy (non-hydrogen) atoms. The van der Waals surface area contributed by atoms with E-state index in [0.29, 0.717) is 32.6 Å². The van der Waals surface area contributed by atoms with Gasteiger partial charge >= 0.3 is 0 Å². The Kier molecular flexibility index (Phi) is 5.86. The minimum Gasteiger partial charge on any atom is -0.347 e. The molecule has 2 aromatic rings. The summed E-state index contributed by atoms with van der Waals surface area (Å²) < 4.78 is 14.1. The summed E-state index contributed by atoms with van der Waals surface area (Å²) in [5.74, 6) is -1.16. The Morgan fingerprint density at radius 3 is 2.25 bits per heavy atom. The van der Waals surface area contributed by atoms with Crippen LogP contribution in [0.4, 0.5) is 10.1 Å². The Balaban J connectivity index is 1.58. The van der Waals surface area contributed by atoms with Gasteiger partial charge in [-0.3, -0.25) is 14.4 Å². The molecule has 4 rings (SSSR count). The summed E-state index contributed by atoms with van der Waals surface area (Å²) >= 11 is 0. The largest absolute Gasteiger partial charge is 0.347 e. The van der Waals surface area contributed by atoms with Gasteiger partial charge in [-0.15, -0.1) is 0 Å². The molecule has 7 nitrogen and oxygen atoms in total. The molecule has 0 bridgehead atoms. The molecular formula is C24H27FN4O3. The van der Waals surface area contributed by atoms with Gasteiger partial charge in [-0.1, -0.05) is 30.3 Å². The molecule has 0 radical (unpaired) electrons. The van der Waals surface area contributed by atoms with Gasteiger partial charge in [0.05, 0.1) is 12.2 Å². The van der Waals surface area contributed by atoms with Crippen LogP contribution in [0.1, 0.15) is 23.2 Å². The van der Waals surface area contributed by atoms with E-state index in [1.54, 1.807) is 36.0 Å². The molecule has 8 heteroatoms. The van der Waals surface area contributed by atoms with Crippen LogP contribution in [0.25, 0.3) is 0 Å².